The van der Waals surface area contributed by atoms with Gasteiger partial charge in [-0.1, -0.05) is 91.0 Å². The van der Waals surface area contributed by atoms with E-state index in [4.69, 9.17) is 4.74 Å². The van der Waals surface area contributed by atoms with Crippen molar-refractivity contribution in [2.24, 2.45) is 26.6 Å². The van der Waals surface area contributed by atoms with Crippen LogP contribution in [0.25, 0.3) is 0 Å². The highest BCUT2D eigenvalue weighted by atomic mass is 32.2. The number of rotatable bonds is 8. The number of esters is 1. The van der Waals surface area contributed by atoms with Gasteiger partial charge in [0, 0.05) is 6.92 Å². The van der Waals surface area contributed by atoms with Gasteiger partial charge in [0.25, 0.3) is 0 Å². The predicted molar refractivity (Wildman–Crippen MR) is 136 cm³/mol. The van der Waals surface area contributed by atoms with E-state index in [0.29, 0.717) is 0 Å². The summed E-state index contributed by atoms with van der Waals surface area (Å²) in [4.78, 5) is 25.1. The molecule has 0 aromatic heterocycles. The lowest BCUT2D eigenvalue weighted by atomic mass is 9.84. The predicted octanol–water partition coefficient (Wildman–Crippen LogP) is 5.26. The van der Waals surface area contributed by atoms with Crippen LogP contribution in [0.4, 0.5) is 0 Å². The molecule has 182 valence electrons. The lowest BCUT2D eigenvalue weighted by Gasteiger charge is -2.47. The molecule has 3 aromatic carbocycles. The Balaban J connectivity index is 1.63. The van der Waals surface area contributed by atoms with Crippen LogP contribution in [0.3, 0.4) is 0 Å². The number of nitrogens with one attached hydrogen (secondary N) is 1. The van der Waals surface area contributed by atoms with Crippen molar-refractivity contribution in [2.75, 3.05) is 0 Å². The van der Waals surface area contributed by atoms with Gasteiger partial charge in [0.2, 0.25) is 11.6 Å². The van der Waals surface area contributed by atoms with E-state index in [9.17, 15) is 9.59 Å². The number of hydrogen-bond donors (Lipinski definition) is 1. The van der Waals surface area contributed by atoms with Crippen molar-refractivity contribution in [3.05, 3.63) is 108 Å². The molecule has 2 aliphatic heterocycles. The van der Waals surface area contributed by atoms with Gasteiger partial charge in [-0.25, -0.2) is 0 Å². The van der Waals surface area contributed by atoms with E-state index in [1.54, 1.807) is 18.7 Å². The number of ether oxygens (including phenoxy) is 1. The van der Waals surface area contributed by atoms with E-state index in [-0.39, 0.29) is 5.91 Å². The Kier molecular flexibility index (Phi) is 6.40. The number of benzene rings is 3. The summed E-state index contributed by atoms with van der Waals surface area (Å²) < 4.78 is 4.99. The first-order valence-electron chi connectivity index (χ1n) is 11.6. The van der Waals surface area contributed by atoms with E-state index < -0.39 is 33.8 Å². The fourth-order valence-electron chi connectivity index (χ4n) is 4.74. The SMILES string of the molecule is CC(=O)OC(C1C(=O)NC1SC(c1ccccc1)(c1ccccc1)c1ccccc1)C1(C)N=NN=N1. The van der Waals surface area contributed by atoms with Gasteiger partial charge >= 0.3 is 5.97 Å². The zero-order valence-electron chi connectivity index (χ0n) is 19.8. The first-order valence-corrected chi connectivity index (χ1v) is 12.5. The molecule has 0 radical (unpaired) electrons. The monoisotopic (exact) mass is 499 g/mol. The van der Waals surface area contributed by atoms with Crippen molar-refractivity contribution >= 4 is 23.6 Å². The second-order valence-electron chi connectivity index (χ2n) is 8.86. The molecule has 9 heteroatoms. The zero-order chi connectivity index (χ0) is 25.2. The first-order chi connectivity index (χ1) is 17.4. The minimum absolute atomic E-state index is 0.236. The Bertz CT molecular complexity index is 1190. The number of hydrogen-bond acceptors (Lipinski definition) is 8. The Morgan fingerprint density at radius 2 is 1.33 bits per heavy atom. The molecule has 0 aliphatic carbocycles. The highest BCUT2D eigenvalue weighted by Crippen LogP contribution is 2.53. The molecule has 36 heavy (non-hydrogen) atoms. The molecular formula is C27H25N5O3S. The molecular weight excluding hydrogens is 474 g/mol. The van der Waals surface area contributed by atoms with Gasteiger partial charge in [-0.15, -0.1) is 22.0 Å². The second-order valence-corrected chi connectivity index (χ2v) is 10.2. The molecule has 2 aliphatic rings. The molecule has 3 unspecified atom stereocenters. The third kappa shape index (κ3) is 4.19. The Labute approximate surface area is 213 Å². The fraction of sp³-hybridized carbons (Fsp3) is 0.259. The molecule has 1 saturated heterocycles. The molecule has 1 amide bonds. The maximum Gasteiger partial charge on any atom is 0.303 e. The lowest BCUT2D eigenvalue weighted by Crippen LogP contribution is -2.66. The van der Waals surface area contributed by atoms with Gasteiger partial charge in [0.1, 0.15) is 5.92 Å². The number of thioether (sulfide) groups is 1. The minimum atomic E-state index is -1.28. The largest absolute Gasteiger partial charge is 0.457 e. The average Bonchev–Trinajstić information content (AvgIpc) is 3.35. The molecule has 1 N–H and O–H groups in total. The van der Waals surface area contributed by atoms with Crippen molar-refractivity contribution in [1.29, 1.82) is 0 Å². The molecule has 2 heterocycles. The van der Waals surface area contributed by atoms with Crippen LogP contribution in [0.15, 0.2) is 112 Å². The lowest BCUT2D eigenvalue weighted by molar-refractivity contribution is -0.160. The van der Waals surface area contributed by atoms with Gasteiger partial charge in [-0.2, -0.15) is 0 Å². The van der Waals surface area contributed by atoms with E-state index in [0.717, 1.165) is 16.7 Å². The molecule has 3 atom stereocenters. The number of nitrogens with zero attached hydrogens (tertiary/aromatic N) is 4. The quantitative estimate of drug-likeness (QED) is 0.259. The summed E-state index contributed by atoms with van der Waals surface area (Å²) in [5, 5.41) is 18.1. The van der Waals surface area contributed by atoms with E-state index in [1.165, 1.54) is 6.92 Å². The van der Waals surface area contributed by atoms with Crippen molar-refractivity contribution in [1.82, 2.24) is 5.32 Å². The van der Waals surface area contributed by atoms with Crippen LogP contribution in [-0.2, 0) is 19.1 Å². The topological polar surface area (TPSA) is 105 Å². The van der Waals surface area contributed by atoms with Crippen molar-refractivity contribution in [2.45, 2.75) is 35.7 Å². The van der Waals surface area contributed by atoms with Crippen LogP contribution in [-0.4, -0.2) is 29.0 Å². The van der Waals surface area contributed by atoms with Crippen LogP contribution < -0.4 is 5.32 Å². The maximum absolute atomic E-state index is 13.0. The van der Waals surface area contributed by atoms with E-state index in [2.05, 4.69) is 62.4 Å². The summed E-state index contributed by atoms with van der Waals surface area (Å²) in [6.07, 6.45) is -0.962. The van der Waals surface area contributed by atoms with Crippen LogP contribution in [0.1, 0.15) is 30.5 Å². The highest BCUT2D eigenvalue weighted by molar-refractivity contribution is 8.01. The summed E-state index contributed by atoms with van der Waals surface area (Å²) >= 11 is 1.60. The third-order valence-corrected chi connectivity index (χ3v) is 8.18. The number of carbonyl (C=O) groups excluding carboxylic acids is 2. The van der Waals surface area contributed by atoms with Crippen LogP contribution >= 0.6 is 11.8 Å². The van der Waals surface area contributed by atoms with Gasteiger partial charge in [0.05, 0.1) is 10.1 Å². The third-order valence-electron chi connectivity index (χ3n) is 6.45. The minimum Gasteiger partial charge on any atom is -0.457 e. The second kappa shape index (κ2) is 9.66. The number of carbonyl (C=O) groups is 2. The molecule has 0 bridgehead atoms. The van der Waals surface area contributed by atoms with Gasteiger partial charge < -0.3 is 10.1 Å². The molecule has 3 aromatic rings. The summed E-state index contributed by atoms with van der Waals surface area (Å²) in [5.74, 6) is -1.47. The summed E-state index contributed by atoms with van der Waals surface area (Å²) in [7, 11) is 0. The highest BCUT2D eigenvalue weighted by Gasteiger charge is 2.58. The van der Waals surface area contributed by atoms with Crippen LogP contribution in [0.5, 0.6) is 0 Å². The standard InChI is InChI=1S/C27H25N5O3S/c1-18(33)35-23(26(2)29-31-32-30-26)22-24(34)28-25(22)36-27(19-12-6-3-7-13-19,20-14-8-4-9-15-20)21-16-10-5-11-17-21/h3-17,22-23,25H,1-2H3,(H,28,34). The molecule has 5 rings (SSSR count). The van der Waals surface area contributed by atoms with E-state index >= 15 is 0 Å². The van der Waals surface area contributed by atoms with Crippen LogP contribution in [0, 0.1) is 5.92 Å². The summed E-state index contributed by atoms with van der Waals surface area (Å²) in [6, 6.07) is 30.5. The van der Waals surface area contributed by atoms with Crippen molar-refractivity contribution in [3.8, 4) is 0 Å². The van der Waals surface area contributed by atoms with Crippen LogP contribution in [0.2, 0.25) is 0 Å². The first kappa shape index (κ1) is 23.9. The molecule has 0 spiro atoms. The molecule has 1 fully saturated rings. The molecule has 0 saturated carbocycles. The maximum atomic E-state index is 13.0. The fourth-order valence-corrected chi connectivity index (χ4v) is 6.52. The van der Waals surface area contributed by atoms with Crippen molar-refractivity contribution < 1.29 is 14.3 Å². The average molecular weight is 500 g/mol. The van der Waals surface area contributed by atoms with Crippen molar-refractivity contribution in [3.63, 3.8) is 0 Å². The molecule has 8 nitrogen and oxygen atoms in total. The van der Waals surface area contributed by atoms with E-state index in [1.807, 2.05) is 54.6 Å². The summed E-state index contributed by atoms with van der Waals surface area (Å²) in [6.45, 7) is 2.97. The zero-order valence-corrected chi connectivity index (χ0v) is 20.6. The smallest absolute Gasteiger partial charge is 0.303 e. The van der Waals surface area contributed by atoms with Gasteiger partial charge in [-0.05, 0) is 34.1 Å². The Morgan fingerprint density at radius 3 is 1.72 bits per heavy atom. The van der Waals surface area contributed by atoms with Gasteiger partial charge in [-0.3, -0.25) is 9.59 Å². The summed E-state index contributed by atoms with van der Waals surface area (Å²) in [5.41, 5.74) is 1.90. The van der Waals surface area contributed by atoms with Gasteiger partial charge in [0.15, 0.2) is 6.10 Å². The normalized spacial score (nSPS) is 20.9. The number of amides is 1. The Morgan fingerprint density at radius 1 is 0.889 bits per heavy atom. The Hall–Kier alpha value is -3.85. The number of β-lactam (4-membered cyclic amide) rings is 1.